The minimum absolute atomic E-state index is 0.132. The molecule has 0 saturated carbocycles. The van der Waals surface area contributed by atoms with Crippen molar-refractivity contribution in [3.8, 4) is 51.4 Å². The Kier molecular flexibility index (Phi) is 10.5. The maximum Gasteiger partial charge on any atom is 0.361 e. The van der Waals surface area contributed by atoms with Crippen LogP contribution in [0.1, 0.15) is 47.1 Å². The van der Waals surface area contributed by atoms with E-state index in [0.717, 1.165) is 6.26 Å². The first-order valence-electron chi connectivity index (χ1n) is 17.4. The lowest BCUT2D eigenvalue weighted by atomic mass is 9.95. The van der Waals surface area contributed by atoms with Crippen LogP contribution in [0.5, 0.6) is 40.2 Å². The van der Waals surface area contributed by atoms with Gasteiger partial charge in [-0.1, -0.05) is 6.07 Å². The summed E-state index contributed by atoms with van der Waals surface area (Å²) >= 11 is 0. The molecule has 3 aromatic carbocycles. The van der Waals surface area contributed by atoms with Crippen molar-refractivity contribution in [1.82, 2.24) is 4.40 Å². The van der Waals surface area contributed by atoms with Gasteiger partial charge in [-0.15, -0.1) is 0 Å². The van der Waals surface area contributed by atoms with Crippen LogP contribution in [0.25, 0.3) is 49.3 Å². The number of hydrogen-bond donors (Lipinski definition) is 0. The van der Waals surface area contributed by atoms with Crippen LogP contribution in [0.2, 0.25) is 0 Å². The van der Waals surface area contributed by atoms with Gasteiger partial charge < -0.3 is 42.0 Å². The fraction of sp³-hybridized carbons (Fsp3) is 0.375. The van der Waals surface area contributed by atoms with E-state index in [-0.39, 0.29) is 40.9 Å². The van der Waals surface area contributed by atoms with E-state index in [0.29, 0.717) is 72.5 Å². The third kappa shape index (κ3) is 6.91. The normalized spacial score (nSPS) is 12.1. The van der Waals surface area contributed by atoms with Crippen LogP contribution in [0.3, 0.4) is 0 Å². The lowest BCUT2D eigenvalue weighted by Gasteiger charge is -2.22. The van der Waals surface area contributed by atoms with Crippen molar-refractivity contribution in [2.45, 2.75) is 66.5 Å². The predicted molar refractivity (Wildman–Crippen MR) is 207 cm³/mol. The third-order valence-electron chi connectivity index (χ3n) is 8.62. The minimum Gasteiger partial charge on any atom is -0.493 e. The Labute approximate surface area is 313 Å². The van der Waals surface area contributed by atoms with Crippen LogP contribution in [-0.4, -0.2) is 65.8 Å². The summed E-state index contributed by atoms with van der Waals surface area (Å²) in [7, 11) is 2.08. The summed E-state index contributed by atoms with van der Waals surface area (Å²) < 4.78 is 80.2. The molecule has 0 aliphatic heterocycles. The van der Waals surface area contributed by atoms with E-state index in [2.05, 4.69) is 0 Å². The summed E-state index contributed by atoms with van der Waals surface area (Å²) in [4.78, 5) is 14.3. The largest absolute Gasteiger partial charge is 0.493 e. The van der Waals surface area contributed by atoms with Crippen molar-refractivity contribution >= 4 is 48.3 Å². The quantitative estimate of drug-likeness (QED) is 0.0786. The molecular weight excluding hydrogens is 719 g/mol. The van der Waals surface area contributed by atoms with E-state index in [9.17, 15) is 13.2 Å². The summed E-state index contributed by atoms with van der Waals surface area (Å²) in [6.45, 7) is 10.9. The van der Waals surface area contributed by atoms with Crippen LogP contribution in [0, 0.1) is 0 Å². The van der Waals surface area contributed by atoms with Gasteiger partial charge in [0.25, 0.3) is 10.1 Å². The molecule has 3 heterocycles. The third-order valence-corrected chi connectivity index (χ3v) is 9.17. The zero-order valence-electron chi connectivity index (χ0n) is 32.2. The highest BCUT2D eigenvalue weighted by Crippen LogP contribution is 2.52. The first-order valence-corrected chi connectivity index (χ1v) is 19.2. The molecule has 0 fully saturated rings. The molecule has 0 saturated heterocycles. The molecule has 0 unspecified atom stereocenters. The number of pyridine rings is 1. The molecule has 0 N–H and O–H groups in total. The number of nitrogens with zero attached hydrogens (tertiary/aromatic N) is 1. The first-order chi connectivity index (χ1) is 25.6. The van der Waals surface area contributed by atoms with Gasteiger partial charge in [0.15, 0.2) is 34.5 Å². The van der Waals surface area contributed by atoms with Gasteiger partial charge >= 0.3 is 5.63 Å². The Bertz CT molecular complexity index is 2570. The molecule has 0 spiro atoms. The van der Waals surface area contributed by atoms with Crippen LogP contribution >= 0.6 is 0 Å². The average molecular weight is 764 g/mol. The van der Waals surface area contributed by atoms with Gasteiger partial charge in [-0.2, -0.15) is 8.42 Å². The maximum absolute atomic E-state index is 14.3. The van der Waals surface area contributed by atoms with Crippen molar-refractivity contribution in [2.24, 2.45) is 0 Å². The molecule has 6 rings (SSSR count). The Morgan fingerprint density at radius 1 is 0.667 bits per heavy atom. The predicted octanol–water partition coefficient (Wildman–Crippen LogP) is 7.89. The average Bonchev–Trinajstić information content (AvgIpc) is 3.46. The van der Waals surface area contributed by atoms with Gasteiger partial charge in [-0.05, 0) is 71.4 Å². The molecule has 54 heavy (non-hydrogen) atoms. The number of rotatable bonds is 14. The molecule has 6 aromatic rings. The van der Waals surface area contributed by atoms with E-state index in [4.69, 9.17) is 41.8 Å². The molecule has 13 nitrogen and oxygen atoms in total. The summed E-state index contributed by atoms with van der Waals surface area (Å²) in [6.07, 6.45) is 2.10. The number of hydrogen-bond acceptors (Lipinski definition) is 12. The molecule has 0 amide bonds. The van der Waals surface area contributed by atoms with Gasteiger partial charge in [0.2, 0.25) is 5.75 Å². The number of fused-ring (bicyclic) bond motifs is 7. The number of aromatic nitrogens is 1. The SMILES string of the molecule is COc1cc(-c2c3c4cc(OC)c(OC(C)C)cc4oc(=O)c3n3ccc4c(OC(C)C)c(OC)c(OC)c(COS(C)(=O)=O)c4c23)ccc1OC(C)C. The second-order valence-corrected chi connectivity index (χ2v) is 15.2. The highest BCUT2D eigenvalue weighted by Gasteiger charge is 2.30. The lowest BCUT2D eigenvalue weighted by molar-refractivity contribution is 0.228. The van der Waals surface area contributed by atoms with Gasteiger partial charge in [0, 0.05) is 44.9 Å². The van der Waals surface area contributed by atoms with Gasteiger partial charge in [0.1, 0.15) is 11.1 Å². The van der Waals surface area contributed by atoms with Crippen molar-refractivity contribution < 1.29 is 50.2 Å². The zero-order chi connectivity index (χ0) is 39.2. The van der Waals surface area contributed by atoms with Gasteiger partial charge in [0.05, 0.1) is 65.1 Å². The summed E-state index contributed by atoms with van der Waals surface area (Å²) in [5.41, 5.74) is 1.93. The van der Waals surface area contributed by atoms with E-state index >= 15 is 0 Å². The molecule has 3 aromatic heterocycles. The van der Waals surface area contributed by atoms with Gasteiger partial charge in [-0.25, -0.2) is 4.79 Å². The number of benzene rings is 3. The zero-order valence-corrected chi connectivity index (χ0v) is 33.1. The topological polar surface area (TPSA) is 143 Å². The van der Waals surface area contributed by atoms with Crippen LogP contribution in [0.4, 0.5) is 0 Å². The summed E-state index contributed by atoms with van der Waals surface area (Å²) in [5.74, 6) is 2.61. The monoisotopic (exact) mass is 763 g/mol. The lowest BCUT2D eigenvalue weighted by Crippen LogP contribution is -2.11. The molecule has 0 atom stereocenters. The Morgan fingerprint density at radius 2 is 1.30 bits per heavy atom. The molecular formula is C40H45NO12S. The fourth-order valence-electron chi connectivity index (χ4n) is 6.77. The van der Waals surface area contributed by atoms with E-state index in [1.165, 1.54) is 21.3 Å². The minimum atomic E-state index is -3.94. The van der Waals surface area contributed by atoms with Crippen molar-refractivity contribution in [3.63, 3.8) is 0 Å². The van der Waals surface area contributed by atoms with E-state index in [1.807, 2.05) is 59.7 Å². The van der Waals surface area contributed by atoms with Crippen molar-refractivity contribution in [2.75, 3.05) is 34.7 Å². The Hall–Kier alpha value is -5.34. The summed E-state index contributed by atoms with van der Waals surface area (Å²) in [5, 5.41) is 2.12. The van der Waals surface area contributed by atoms with Crippen LogP contribution in [0.15, 0.2) is 51.8 Å². The first kappa shape index (κ1) is 38.4. The van der Waals surface area contributed by atoms with Crippen LogP contribution < -0.4 is 38.8 Å². The molecule has 288 valence electrons. The Balaban J connectivity index is 1.93. The standard InChI is InChI=1S/C40H45NO12S/c1-20(2)50-27-13-12-23(16-29(27)45-7)32-34-25-17-30(46-8)31(51-21(3)4)18-28(25)53-40(42)36(34)41-15-14-24-33(35(32)41)26(19-49-54(11,43)44)37(47-9)39(48-10)38(24)52-22(5)6/h12-18,20-22H,19H2,1-11H3. The highest BCUT2D eigenvalue weighted by atomic mass is 32.2. The van der Waals surface area contributed by atoms with Crippen molar-refractivity contribution in [3.05, 3.63) is 58.6 Å². The second-order valence-electron chi connectivity index (χ2n) is 13.5. The number of methoxy groups -OCH3 is 4. The highest BCUT2D eigenvalue weighted by molar-refractivity contribution is 7.85. The van der Waals surface area contributed by atoms with E-state index in [1.54, 1.807) is 35.9 Å². The Morgan fingerprint density at radius 3 is 1.89 bits per heavy atom. The molecule has 0 bridgehead atoms. The smallest absolute Gasteiger partial charge is 0.361 e. The molecule has 0 aliphatic rings. The molecule has 0 radical (unpaired) electrons. The van der Waals surface area contributed by atoms with Gasteiger partial charge in [-0.3, -0.25) is 4.18 Å². The fourth-order valence-corrected chi connectivity index (χ4v) is 7.10. The van der Waals surface area contributed by atoms with E-state index < -0.39 is 22.4 Å². The molecule has 0 aliphatic carbocycles. The number of ether oxygens (including phenoxy) is 7. The summed E-state index contributed by atoms with van der Waals surface area (Å²) in [6, 6.07) is 10.7. The molecule has 14 heteroatoms. The maximum atomic E-state index is 14.3. The van der Waals surface area contributed by atoms with Crippen LogP contribution in [-0.2, 0) is 20.9 Å². The second kappa shape index (κ2) is 14.8. The van der Waals surface area contributed by atoms with Crippen molar-refractivity contribution in [1.29, 1.82) is 0 Å².